The first kappa shape index (κ1) is 32.1. The maximum absolute atomic E-state index is 13.6. The van der Waals surface area contributed by atoms with Crippen LogP contribution in [0.15, 0.2) is 59.8 Å². The van der Waals surface area contributed by atoms with Gasteiger partial charge in [0, 0.05) is 48.5 Å². The second-order valence-corrected chi connectivity index (χ2v) is 13.4. The van der Waals surface area contributed by atoms with Gasteiger partial charge in [-0.2, -0.15) is 0 Å². The standard InChI is InChI=1S/C31H36ClN5O5S/c1-19(2)43-22-9-10-23(25(17-22)41-21-12-15-37(16-13-21)30(40)42-31(3,4)5)28(38)35-24-7-6-14-33-27(24)29(39)36-26-11-8-20(32)18-34-26/h6-11,14,17-19,21H,12-13,15-16H2,1-5H3,(H,35,38)(H,34,36,39). The van der Waals surface area contributed by atoms with E-state index in [-0.39, 0.29) is 23.6 Å². The average molecular weight is 626 g/mol. The molecule has 1 saturated heterocycles. The average Bonchev–Trinajstić information content (AvgIpc) is 2.94. The predicted octanol–water partition coefficient (Wildman–Crippen LogP) is 6.91. The van der Waals surface area contributed by atoms with Crippen LogP contribution in [-0.2, 0) is 4.74 Å². The number of carbonyl (C=O) groups is 3. The Morgan fingerprint density at radius 3 is 2.42 bits per heavy atom. The number of pyridine rings is 2. The van der Waals surface area contributed by atoms with Crippen LogP contribution in [0.3, 0.4) is 0 Å². The molecule has 12 heteroatoms. The fourth-order valence-corrected chi connectivity index (χ4v) is 5.28. The maximum Gasteiger partial charge on any atom is 0.410 e. The number of hydrogen-bond acceptors (Lipinski definition) is 8. The van der Waals surface area contributed by atoms with Gasteiger partial charge in [-0.15, -0.1) is 11.8 Å². The van der Waals surface area contributed by atoms with Crippen molar-refractivity contribution >= 4 is 52.8 Å². The van der Waals surface area contributed by atoms with E-state index in [0.29, 0.717) is 53.3 Å². The summed E-state index contributed by atoms with van der Waals surface area (Å²) in [5, 5.41) is 6.26. The third-order valence-corrected chi connectivity index (χ3v) is 7.42. The van der Waals surface area contributed by atoms with Crippen LogP contribution in [0.25, 0.3) is 0 Å². The summed E-state index contributed by atoms with van der Waals surface area (Å²) in [6.45, 7) is 10.7. The van der Waals surface area contributed by atoms with E-state index in [0.717, 1.165) is 4.90 Å². The summed E-state index contributed by atoms with van der Waals surface area (Å²) in [6.07, 6.45) is 3.53. The summed E-state index contributed by atoms with van der Waals surface area (Å²) in [7, 11) is 0. The largest absolute Gasteiger partial charge is 0.489 e. The van der Waals surface area contributed by atoms with E-state index >= 15 is 0 Å². The van der Waals surface area contributed by atoms with Gasteiger partial charge in [0.2, 0.25) is 0 Å². The molecule has 0 spiro atoms. The molecule has 10 nitrogen and oxygen atoms in total. The van der Waals surface area contributed by atoms with Crippen molar-refractivity contribution in [2.45, 2.75) is 69.3 Å². The Morgan fingerprint density at radius 1 is 1.02 bits per heavy atom. The van der Waals surface area contributed by atoms with Crippen molar-refractivity contribution in [2.24, 2.45) is 0 Å². The number of rotatable bonds is 8. The van der Waals surface area contributed by atoms with Crippen LogP contribution in [0.2, 0.25) is 5.02 Å². The second kappa shape index (κ2) is 14.1. The molecule has 43 heavy (non-hydrogen) atoms. The zero-order valence-electron chi connectivity index (χ0n) is 24.8. The number of benzene rings is 1. The summed E-state index contributed by atoms with van der Waals surface area (Å²) < 4.78 is 11.9. The lowest BCUT2D eigenvalue weighted by Gasteiger charge is -2.33. The first-order valence-corrected chi connectivity index (χ1v) is 15.3. The highest BCUT2D eigenvalue weighted by molar-refractivity contribution is 7.99. The predicted molar refractivity (Wildman–Crippen MR) is 168 cm³/mol. The minimum absolute atomic E-state index is 0.0246. The molecule has 1 fully saturated rings. The van der Waals surface area contributed by atoms with Crippen LogP contribution < -0.4 is 15.4 Å². The number of halogens is 1. The van der Waals surface area contributed by atoms with E-state index in [2.05, 4.69) is 34.4 Å². The second-order valence-electron chi connectivity index (χ2n) is 11.3. The Kier molecular flexibility index (Phi) is 10.5. The molecule has 2 N–H and O–H groups in total. The zero-order valence-corrected chi connectivity index (χ0v) is 26.4. The quantitative estimate of drug-likeness (QED) is 0.259. The van der Waals surface area contributed by atoms with Crippen molar-refractivity contribution in [3.8, 4) is 5.75 Å². The molecule has 3 heterocycles. The third-order valence-electron chi connectivity index (χ3n) is 6.20. The molecule has 1 aromatic carbocycles. The summed E-state index contributed by atoms with van der Waals surface area (Å²) in [5.41, 5.74) is 0.00741. The smallest absolute Gasteiger partial charge is 0.410 e. The zero-order chi connectivity index (χ0) is 31.1. The molecule has 1 aliphatic rings. The van der Waals surface area contributed by atoms with Crippen molar-refractivity contribution in [3.63, 3.8) is 0 Å². The minimum atomic E-state index is -0.567. The van der Waals surface area contributed by atoms with Crippen LogP contribution in [0.4, 0.5) is 16.3 Å². The number of hydrogen-bond donors (Lipinski definition) is 2. The number of amides is 3. The highest BCUT2D eigenvalue weighted by atomic mass is 35.5. The lowest BCUT2D eigenvalue weighted by molar-refractivity contribution is 0.0126. The topological polar surface area (TPSA) is 123 Å². The lowest BCUT2D eigenvalue weighted by Crippen LogP contribution is -2.44. The molecule has 1 aliphatic heterocycles. The SMILES string of the molecule is CC(C)Sc1ccc(C(=O)Nc2cccnc2C(=O)Nc2ccc(Cl)cn2)c(OC2CCN(C(=O)OC(C)(C)C)CC2)c1. The van der Waals surface area contributed by atoms with Crippen LogP contribution in [0.1, 0.15) is 68.3 Å². The molecule has 3 aromatic rings. The first-order valence-electron chi connectivity index (χ1n) is 14.0. The monoisotopic (exact) mass is 625 g/mol. The van der Waals surface area contributed by atoms with Gasteiger partial charge >= 0.3 is 6.09 Å². The van der Waals surface area contributed by atoms with Gasteiger partial charge in [0.15, 0.2) is 5.69 Å². The highest BCUT2D eigenvalue weighted by Crippen LogP contribution is 2.32. The van der Waals surface area contributed by atoms with Gasteiger partial charge in [0.1, 0.15) is 23.3 Å². The van der Waals surface area contributed by atoms with Gasteiger partial charge in [0.05, 0.1) is 16.3 Å². The van der Waals surface area contributed by atoms with Gasteiger partial charge in [-0.05, 0) is 63.2 Å². The number of likely N-dealkylation sites (tertiary alicyclic amines) is 1. The molecule has 0 unspecified atom stereocenters. The summed E-state index contributed by atoms with van der Waals surface area (Å²) in [6, 6.07) is 11.9. The van der Waals surface area contributed by atoms with E-state index in [1.54, 1.807) is 47.0 Å². The Balaban J connectivity index is 1.50. The molecule has 0 radical (unpaired) electrons. The summed E-state index contributed by atoms with van der Waals surface area (Å²) >= 11 is 7.55. The minimum Gasteiger partial charge on any atom is -0.489 e. The van der Waals surface area contributed by atoms with Crippen molar-refractivity contribution in [2.75, 3.05) is 23.7 Å². The molecule has 3 amide bonds. The van der Waals surface area contributed by atoms with Crippen molar-refractivity contribution in [1.29, 1.82) is 0 Å². The van der Waals surface area contributed by atoms with Gasteiger partial charge in [-0.25, -0.2) is 14.8 Å². The van der Waals surface area contributed by atoms with Gasteiger partial charge in [-0.3, -0.25) is 9.59 Å². The molecular formula is C31H36ClN5O5S. The third kappa shape index (κ3) is 9.33. The van der Waals surface area contributed by atoms with Crippen LogP contribution >= 0.6 is 23.4 Å². The van der Waals surface area contributed by atoms with Crippen molar-refractivity contribution < 1.29 is 23.9 Å². The number of nitrogens with one attached hydrogen (secondary N) is 2. The van der Waals surface area contributed by atoms with Gasteiger partial charge in [0.25, 0.3) is 11.8 Å². The Morgan fingerprint density at radius 2 is 1.77 bits per heavy atom. The first-order chi connectivity index (χ1) is 20.4. The van der Waals surface area contributed by atoms with E-state index in [1.165, 1.54) is 12.4 Å². The molecule has 0 atom stereocenters. The van der Waals surface area contributed by atoms with E-state index < -0.39 is 17.4 Å². The Labute approximate surface area is 260 Å². The lowest BCUT2D eigenvalue weighted by atomic mass is 10.1. The van der Waals surface area contributed by atoms with E-state index in [1.807, 2.05) is 32.9 Å². The number of aromatic nitrogens is 2. The van der Waals surface area contributed by atoms with Gasteiger partial charge < -0.3 is 25.0 Å². The van der Waals surface area contributed by atoms with Crippen molar-refractivity contribution in [3.05, 3.63) is 71.1 Å². The van der Waals surface area contributed by atoms with Gasteiger partial charge in [-0.1, -0.05) is 25.4 Å². The fraction of sp³-hybridized carbons (Fsp3) is 0.387. The number of anilines is 2. The number of nitrogens with zero attached hydrogens (tertiary/aromatic N) is 3. The molecule has 0 aliphatic carbocycles. The summed E-state index contributed by atoms with van der Waals surface area (Å²) in [5.74, 6) is -0.264. The number of carbonyl (C=O) groups excluding carboxylic acids is 3. The Bertz CT molecular complexity index is 1450. The van der Waals surface area contributed by atoms with Crippen LogP contribution in [0.5, 0.6) is 5.75 Å². The molecule has 4 rings (SSSR count). The summed E-state index contributed by atoms with van der Waals surface area (Å²) in [4.78, 5) is 50.0. The number of ether oxygens (including phenoxy) is 2. The number of thioether (sulfide) groups is 1. The van der Waals surface area contributed by atoms with Crippen LogP contribution in [-0.4, -0.2) is 62.8 Å². The van der Waals surface area contributed by atoms with Crippen LogP contribution in [0, 0.1) is 0 Å². The molecule has 0 bridgehead atoms. The molecule has 2 aromatic heterocycles. The fourth-order valence-electron chi connectivity index (χ4n) is 4.30. The molecule has 228 valence electrons. The van der Waals surface area contributed by atoms with Crippen molar-refractivity contribution in [1.82, 2.24) is 14.9 Å². The van der Waals surface area contributed by atoms with E-state index in [4.69, 9.17) is 21.1 Å². The molecular weight excluding hydrogens is 590 g/mol. The maximum atomic E-state index is 13.6. The number of piperidine rings is 1. The normalized spacial score (nSPS) is 13.9. The Hall–Kier alpha value is -3.83. The highest BCUT2D eigenvalue weighted by Gasteiger charge is 2.29. The molecule has 0 saturated carbocycles. The van der Waals surface area contributed by atoms with E-state index in [9.17, 15) is 14.4 Å².